The third-order valence-electron chi connectivity index (χ3n) is 3.46. The topological polar surface area (TPSA) is 71.5 Å². The van der Waals surface area contributed by atoms with Gasteiger partial charge in [-0.15, -0.1) is 0 Å². The van der Waals surface area contributed by atoms with Gasteiger partial charge in [0.2, 0.25) is 5.91 Å². The van der Waals surface area contributed by atoms with Crippen LogP contribution in [0.4, 0.5) is 5.13 Å². The van der Waals surface area contributed by atoms with E-state index in [1.54, 1.807) is 7.05 Å². The van der Waals surface area contributed by atoms with Crippen LogP contribution in [0.15, 0.2) is 0 Å². The highest BCUT2D eigenvalue weighted by atomic mass is 35.5. The number of esters is 1. The molecule has 0 saturated carbocycles. The van der Waals surface area contributed by atoms with Gasteiger partial charge in [0.1, 0.15) is 0 Å². The number of aromatic nitrogens is 1. The zero-order valence-electron chi connectivity index (χ0n) is 11.5. The molecule has 0 aliphatic carbocycles. The summed E-state index contributed by atoms with van der Waals surface area (Å²) in [5, 5.41) is 3.47. The quantitative estimate of drug-likeness (QED) is 0.856. The van der Waals surface area contributed by atoms with E-state index in [1.165, 1.54) is 18.4 Å². The van der Waals surface area contributed by atoms with Crippen LogP contribution >= 0.6 is 22.9 Å². The minimum Gasteiger partial charge on any atom is -0.465 e. The maximum Gasteiger partial charge on any atom is 0.351 e. The molecule has 110 valence electrons. The van der Waals surface area contributed by atoms with Gasteiger partial charge in [0, 0.05) is 20.1 Å². The molecule has 2 heterocycles. The lowest BCUT2D eigenvalue weighted by atomic mass is 9.89. The fourth-order valence-corrected chi connectivity index (χ4v) is 3.48. The first kappa shape index (κ1) is 15.1. The van der Waals surface area contributed by atoms with Crippen LogP contribution in [-0.2, 0) is 9.53 Å². The van der Waals surface area contributed by atoms with Gasteiger partial charge >= 0.3 is 5.97 Å². The number of ether oxygens (including phenoxy) is 1. The second kappa shape index (κ2) is 5.57. The van der Waals surface area contributed by atoms with Gasteiger partial charge in [0.15, 0.2) is 15.2 Å². The van der Waals surface area contributed by atoms with Crippen LogP contribution in [0, 0.1) is 5.41 Å². The number of nitrogens with zero attached hydrogens (tertiary/aromatic N) is 2. The molecule has 0 bridgehead atoms. The number of halogens is 1. The molecule has 0 spiro atoms. The van der Waals surface area contributed by atoms with Crippen LogP contribution in [0.3, 0.4) is 0 Å². The minimum atomic E-state index is -0.494. The summed E-state index contributed by atoms with van der Waals surface area (Å²) >= 11 is 7.14. The Hall–Kier alpha value is -1.34. The normalized spacial score (nSPS) is 21.9. The number of rotatable bonds is 3. The van der Waals surface area contributed by atoms with Gasteiger partial charge in [-0.25, -0.2) is 9.78 Å². The number of thiazole rings is 1. The largest absolute Gasteiger partial charge is 0.465 e. The smallest absolute Gasteiger partial charge is 0.351 e. The molecule has 1 fully saturated rings. The summed E-state index contributed by atoms with van der Waals surface area (Å²) in [6.07, 6.45) is 0.734. The van der Waals surface area contributed by atoms with Crippen LogP contribution in [0.25, 0.3) is 0 Å². The number of hydrogen-bond donors (Lipinski definition) is 1. The SMILES string of the molecule is CNC(=O)C1(C)CCN(c2nc(Cl)c(C(=O)OC)s2)C1. The maximum atomic E-state index is 11.9. The van der Waals surface area contributed by atoms with Crippen molar-refractivity contribution < 1.29 is 14.3 Å². The van der Waals surface area contributed by atoms with Gasteiger partial charge in [-0.2, -0.15) is 0 Å². The second-order valence-electron chi connectivity index (χ2n) is 4.92. The fourth-order valence-electron chi connectivity index (χ4n) is 2.26. The lowest BCUT2D eigenvalue weighted by molar-refractivity contribution is -0.128. The highest BCUT2D eigenvalue weighted by Crippen LogP contribution is 2.37. The number of anilines is 1. The summed E-state index contributed by atoms with van der Waals surface area (Å²) in [6.45, 7) is 3.17. The van der Waals surface area contributed by atoms with Crippen molar-refractivity contribution in [1.29, 1.82) is 0 Å². The van der Waals surface area contributed by atoms with E-state index in [0.29, 0.717) is 18.2 Å². The van der Waals surface area contributed by atoms with Crippen LogP contribution in [-0.4, -0.2) is 44.1 Å². The van der Waals surface area contributed by atoms with Crippen LogP contribution in [0.2, 0.25) is 5.15 Å². The van der Waals surface area contributed by atoms with Crippen LogP contribution in [0.5, 0.6) is 0 Å². The van der Waals surface area contributed by atoms with E-state index in [9.17, 15) is 9.59 Å². The van der Waals surface area contributed by atoms with E-state index in [2.05, 4.69) is 15.0 Å². The zero-order chi connectivity index (χ0) is 14.9. The number of carbonyl (C=O) groups is 2. The Morgan fingerprint density at radius 2 is 2.25 bits per heavy atom. The molecule has 1 unspecified atom stereocenters. The molecule has 8 heteroatoms. The average Bonchev–Trinajstić information content (AvgIpc) is 3.01. The standard InChI is InChI=1S/C12H16ClN3O3S/c1-12(10(18)14-2)4-5-16(6-12)11-15-8(13)7(20-11)9(17)19-3/h4-6H2,1-3H3,(H,14,18). The van der Waals surface area contributed by atoms with Crippen molar-refractivity contribution in [3.8, 4) is 0 Å². The van der Waals surface area contributed by atoms with Crippen LogP contribution in [0.1, 0.15) is 23.0 Å². The first-order valence-electron chi connectivity index (χ1n) is 6.13. The summed E-state index contributed by atoms with van der Waals surface area (Å²) < 4.78 is 4.65. The molecule has 1 amide bonds. The highest BCUT2D eigenvalue weighted by Gasteiger charge is 2.41. The van der Waals surface area contributed by atoms with E-state index in [0.717, 1.165) is 6.42 Å². The molecule has 2 rings (SSSR count). The molecular weight excluding hydrogens is 302 g/mol. The zero-order valence-corrected chi connectivity index (χ0v) is 13.1. The molecule has 1 N–H and O–H groups in total. The first-order chi connectivity index (χ1) is 9.41. The Morgan fingerprint density at radius 1 is 1.55 bits per heavy atom. The van der Waals surface area contributed by atoms with Gasteiger partial charge in [-0.3, -0.25) is 4.79 Å². The predicted molar refractivity (Wildman–Crippen MR) is 77.5 cm³/mol. The van der Waals surface area contributed by atoms with Crippen molar-refractivity contribution in [3.63, 3.8) is 0 Å². The lowest BCUT2D eigenvalue weighted by Gasteiger charge is -2.22. The molecule has 6 nitrogen and oxygen atoms in total. The average molecular weight is 318 g/mol. The summed E-state index contributed by atoms with van der Waals surface area (Å²) in [4.78, 5) is 29.9. The molecule has 20 heavy (non-hydrogen) atoms. The van der Waals surface area contributed by atoms with Gasteiger partial charge in [0.05, 0.1) is 12.5 Å². The Morgan fingerprint density at radius 3 is 2.85 bits per heavy atom. The molecule has 1 aliphatic rings. The second-order valence-corrected chi connectivity index (χ2v) is 6.25. The van der Waals surface area contributed by atoms with Crippen molar-refractivity contribution in [2.75, 3.05) is 32.1 Å². The first-order valence-corrected chi connectivity index (χ1v) is 7.32. The summed E-state index contributed by atoms with van der Waals surface area (Å²) in [5.74, 6) is -0.483. The molecule has 0 aromatic carbocycles. The molecule has 1 aliphatic heterocycles. The molecule has 0 radical (unpaired) electrons. The summed E-state index contributed by atoms with van der Waals surface area (Å²) in [6, 6.07) is 0. The van der Waals surface area contributed by atoms with E-state index >= 15 is 0 Å². The summed E-state index contributed by atoms with van der Waals surface area (Å²) in [7, 11) is 2.93. The van der Waals surface area contributed by atoms with Crippen molar-refractivity contribution in [2.24, 2.45) is 5.41 Å². The van der Waals surface area contributed by atoms with Crippen molar-refractivity contribution in [2.45, 2.75) is 13.3 Å². The molecule has 1 saturated heterocycles. The summed E-state index contributed by atoms with van der Waals surface area (Å²) in [5.41, 5.74) is -0.446. The molecular formula is C12H16ClN3O3S. The molecule has 1 atom stereocenters. The number of nitrogens with one attached hydrogen (secondary N) is 1. The van der Waals surface area contributed by atoms with E-state index < -0.39 is 11.4 Å². The third-order valence-corrected chi connectivity index (χ3v) is 4.95. The molecule has 1 aromatic rings. The fraction of sp³-hybridized carbons (Fsp3) is 0.583. The monoisotopic (exact) mass is 317 g/mol. The van der Waals surface area contributed by atoms with E-state index in [4.69, 9.17) is 11.6 Å². The number of carbonyl (C=O) groups excluding carboxylic acids is 2. The highest BCUT2D eigenvalue weighted by molar-refractivity contribution is 7.18. The maximum absolute atomic E-state index is 11.9. The Bertz CT molecular complexity index is 548. The van der Waals surface area contributed by atoms with Crippen molar-refractivity contribution in [1.82, 2.24) is 10.3 Å². The predicted octanol–water partition coefficient (Wildman–Crippen LogP) is 1.55. The minimum absolute atomic E-state index is 0.0100. The Labute approximate surface area is 126 Å². The molecule has 1 aromatic heterocycles. The van der Waals surface area contributed by atoms with E-state index in [-0.39, 0.29) is 15.9 Å². The Balaban J connectivity index is 2.19. The van der Waals surface area contributed by atoms with Crippen LogP contribution < -0.4 is 10.2 Å². The number of hydrogen-bond acceptors (Lipinski definition) is 6. The van der Waals surface area contributed by atoms with Crippen molar-refractivity contribution in [3.05, 3.63) is 10.0 Å². The van der Waals surface area contributed by atoms with Gasteiger partial charge in [-0.05, 0) is 13.3 Å². The lowest BCUT2D eigenvalue weighted by Crippen LogP contribution is -2.39. The Kier molecular flexibility index (Phi) is 4.19. The number of methoxy groups -OCH3 is 1. The third kappa shape index (κ3) is 2.60. The van der Waals surface area contributed by atoms with Gasteiger partial charge < -0.3 is 15.0 Å². The van der Waals surface area contributed by atoms with Gasteiger partial charge in [-0.1, -0.05) is 22.9 Å². The number of amides is 1. The van der Waals surface area contributed by atoms with E-state index in [1.807, 2.05) is 11.8 Å². The van der Waals surface area contributed by atoms with Crippen molar-refractivity contribution >= 4 is 39.9 Å². The van der Waals surface area contributed by atoms with Gasteiger partial charge in [0.25, 0.3) is 0 Å².